The van der Waals surface area contributed by atoms with E-state index in [1.54, 1.807) is 19.1 Å². The summed E-state index contributed by atoms with van der Waals surface area (Å²) >= 11 is 0. The van der Waals surface area contributed by atoms with Crippen LogP contribution in [0.4, 0.5) is 0 Å². The Balaban J connectivity index is 1.47. The van der Waals surface area contributed by atoms with Crippen LogP contribution >= 0.6 is 0 Å². The van der Waals surface area contributed by atoms with E-state index >= 15 is 0 Å². The third-order valence-corrected chi connectivity index (χ3v) is 5.91. The predicted molar refractivity (Wildman–Crippen MR) is 116 cm³/mol. The van der Waals surface area contributed by atoms with Crippen molar-refractivity contribution in [3.05, 3.63) is 53.6 Å². The van der Waals surface area contributed by atoms with Crippen molar-refractivity contribution in [1.82, 2.24) is 0 Å². The molecule has 31 heavy (non-hydrogen) atoms. The summed E-state index contributed by atoms with van der Waals surface area (Å²) < 4.78 is 44.2. The van der Waals surface area contributed by atoms with Gasteiger partial charge in [0.2, 0.25) is 0 Å². The molecule has 1 aliphatic rings. The quantitative estimate of drug-likeness (QED) is 0.321. The second-order valence-corrected chi connectivity index (χ2v) is 8.57. The number of aryl methyl sites for hydroxylation is 1. The highest BCUT2D eigenvalue weighted by atomic mass is 32.2. The van der Waals surface area contributed by atoms with Crippen molar-refractivity contribution in [2.45, 2.75) is 37.0 Å². The number of ether oxygens (including phenoxy) is 4. The Bertz CT molecular complexity index is 954. The summed E-state index contributed by atoms with van der Waals surface area (Å²) in [5, 5.41) is 0. The molecular formula is C23H28O7S. The fourth-order valence-corrected chi connectivity index (χ4v) is 3.82. The summed E-state index contributed by atoms with van der Waals surface area (Å²) in [5.74, 6) is 1.08. The van der Waals surface area contributed by atoms with E-state index in [2.05, 4.69) is 0 Å². The number of carbonyl (C=O) groups is 1. The van der Waals surface area contributed by atoms with Crippen molar-refractivity contribution >= 4 is 16.7 Å². The molecule has 0 bridgehead atoms. The number of hydrogen-bond donors (Lipinski definition) is 1. The lowest BCUT2D eigenvalue weighted by Crippen LogP contribution is -2.48. The molecule has 0 N–H and O–H groups in total. The van der Waals surface area contributed by atoms with Gasteiger partial charge >= 0.3 is 5.97 Å². The Morgan fingerprint density at radius 2 is 1.77 bits per heavy atom. The van der Waals surface area contributed by atoms with Gasteiger partial charge in [0.25, 0.3) is 0 Å². The Hall–Kier alpha value is -2.58. The minimum atomic E-state index is -2.63. The van der Waals surface area contributed by atoms with Crippen LogP contribution in [0.2, 0.25) is 0 Å². The van der Waals surface area contributed by atoms with Crippen LogP contribution in [-0.4, -0.2) is 47.4 Å². The lowest BCUT2D eigenvalue weighted by molar-refractivity contribution is -0.151. The number of esters is 1. The fourth-order valence-electron chi connectivity index (χ4n) is 3.40. The summed E-state index contributed by atoms with van der Waals surface area (Å²) in [6, 6.07) is 12.5. The van der Waals surface area contributed by atoms with E-state index in [9.17, 15) is 13.2 Å². The minimum Gasteiger partial charge on any atom is -0.493 e. The Morgan fingerprint density at radius 1 is 1.06 bits per heavy atom. The third kappa shape index (κ3) is 5.98. The van der Waals surface area contributed by atoms with Crippen molar-refractivity contribution < 1.29 is 32.2 Å². The molecule has 0 spiro atoms. The van der Waals surface area contributed by atoms with Gasteiger partial charge < -0.3 is 18.9 Å². The highest BCUT2D eigenvalue weighted by Crippen LogP contribution is 2.37. The normalized spacial score (nSPS) is 14.7. The lowest BCUT2D eigenvalue weighted by atomic mass is 9.76. The average molecular weight is 449 g/mol. The van der Waals surface area contributed by atoms with Gasteiger partial charge in [-0.05, 0) is 49.2 Å². The molecule has 3 rings (SSSR count). The van der Waals surface area contributed by atoms with E-state index in [4.69, 9.17) is 18.9 Å². The second kappa shape index (κ2) is 10.6. The van der Waals surface area contributed by atoms with Crippen LogP contribution in [0.3, 0.4) is 0 Å². The van der Waals surface area contributed by atoms with Crippen LogP contribution in [0.25, 0.3) is 0 Å². The second-order valence-electron chi connectivity index (χ2n) is 7.54. The average Bonchev–Trinajstić information content (AvgIpc) is 2.72. The first-order chi connectivity index (χ1) is 14.9. The van der Waals surface area contributed by atoms with E-state index in [-0.39, 0.29) is 16.3 Å². The maximum atomic E-state index is 11.9. The number of benzene rings is 2. The molecule has 1 aliphatic heterocycles. The minimum absolute atomic E-state index is 0.214. The van der Waals surface area contributed by atoms with Gasteiger partial charge in [-0.1, -0.05) is 18.2 Å². The highest BCUT2D eigenvalue weighted by Gasteiger charge is 2.42. The summed E-state index contributed by atoms with van der Waals surface area (Å²) in [5.41, 5.74) is 1.60. The fraction of sp³-hybridized carbons (Fsp3) is 0.435. The molecule has 1 saturated heterocycles. The van der Waals surface area contributed by atoms with Crippen molar-refractivity contribution in [1.29, 1.82) is 0 Å². The SMILES string of the molecule is CCOC(=O)CC1(c2ccc(OCCCOc3cc([SH](=O)=O)ccc3C)cc2)COC1. The van der Waals surface area contributed by atoms with Gasteiger partial charge in [0.05, 0.1) is 49.8 Å². The standard InChI is InChI=1S/C23H28O7S/c1-3-28-22(24)14-23(15-27-16-23)18-6-8-19(9-7-18)29-11-4-12-30-21-13-20(31(25)26)10-5-17(21)2/h5-10,13,31H,3-4,11-12,14-16H2,1-2H3. The zero-order valence-corrected chi connectivity index (χ0v) is 18.7. The van der Waals surface area contributed by atoms with Gasteiger partial charge in [-0.3, -0.25) is 4.79 Å². The van der Waals surface area contributed by atoms with Crippen LogP contribution < -0.4 is 9.47 Å². The van der Waals surface area contributed by atoms with E-state index in [0.717, 1.165) is 16.9 Å². The summed E-state index contributed by atoms with van der Waals surface area (Å²) in [6.07, 6.45) is 0.954. The molecular weight excluding hydrogens is 420 g/mol. The van der Waals surface area contributed by atoms with Crippen molar-refractivity contribution in [3.63, 3.8) is 0 Å². The summed E-state index contributed by atoms with van der Waals surface area (Å²) in [7, 11) is -2.63. The summed E-state index contributed by atoms with van der Waals surface area (Å²) in [4.78, 5) is 12.2. The number of hydrogen-bond acceptors (Lipinski definition) is 7. The molecule has 0 atom stereocenters. The molecule has 0 unspecified atom stereocenters. The topological polar surface area (TPSA) is 88.1 Å². The Morgan fingerprint density at radius 3 is 2.39 bits per heavy atom. The molecule has 0 aliphatic carbocycles. The van der Waals surface area contributed by atoms with Crippen LogP contribution in [0.15, 0.2) is 47.4 Å². The molecule has 2 aromatic carbocycles. The molecule has 0 aromatic heterocycles. The molecule has 2 aromatic rings. The molecule has 8 heteroatoms. The smallest absolute Gasteiger partial charge is 0.306 e. The van der Waals surface area contributed by atoms with Gasteiger partial charge in [0.1, 0.15) is 11.5 Å². The predicted octanol–water partition coefficient (Wildman–Crippen LogP) is 3.03. The zero-order chi connectivity index (χ0) is 22.3. The lowest BCUT2D eigenvalue weighted by Gasteiger charge is -2.41. The number of carbonyl (C=O) groups excluding carboxylic acids is 1. The van der Waals surface area contributed by atoms with E-state index in [0.29, 0.717) is 51.6 Å². The van der Waals surface area contributed by atoms with Crippen LogP contribution in [0.5, 0.6) is 11.5 Å². The molecule has 0 saturated carbocycles. The molecule has 7 nitrogen and oxygen atoms in total. The van der Waals surface area contributed by atoms with Crippen molar-refractivity contribution in [2.75, 3.05) is 33.0 Å². The molecule has 0 amide bonds. The molecule has 168 valence electrons. The van der Waals surface area contributed by atoms with Crippen molar-refractivity contribution in [3.8, 4) is 11.5 Å². The molecule has 1 heterocycles. The van der Waals surface area contributed by atoms with Crippen LogP contribution in [-0.2, 0) is 30.4 Å². The van der Waals surface area contributed by atoms with Gasteiger partial charge in [0.15, 0.2) is 10.7 Å². The number of rotatable bonds is 11. The first-order valence-corrected chi connectivity index (χ1v) is 11.5. The highest BCUT2D eigenvalue weighted by molar-refractivity contribution is 7.72. The maximum Gasteiger partial charge on any atom is 0.306 e. The Labute approximate surface area is 184 Å². The van der Waals surface area contributed by atoms with E-state index in [1.807, 2.05) is 31.2 Å². The van der Waals surface area contributed by atoms with Crippen molar-refractivity contribution in [2.24, 2.45) is 0 Å². The maximum absolute atomic E-state index is 11.9. The van der Waals surface area contributed by atoms with Gasteiger partial charge in [-0.15, -0.1) is 0 Å². The van der Waals surface area contributed by atoms with E-state index in [1.165, 1.54) is 6.07 Å². The van der Waals surface area contributed by atoms with Gasteiger partial charge in [-0.2, -0.15) is 0 Å². The van der Waals surface area contributed by atoms with Crippen LogP contribution in [0, 0.1) is 6.92 Å². The third-order valence-electron chi connectivity index (χ3n) is 5.21. The van der Waals surface area contributed by atoms with Crippen LogP contribution in [0.1, 0.15) is 30.9 Å². The van der Waals surface area contributed by atoms with Gasteiger partial charge in [-0.25, -0.2) is 8.42 Å². The largest absolute Gasteiger partial charge is 0.493 e. The van der Waals surface area contributed by atoms with Gasteiger partial charge in [0, 0.05) is 6.42 Å². The molecule has 0 radical (unpaired) electrons. The van der Waals surface area contributed by atoms with E-state index < -0.39 is 10.7 Å². The zero-order valence-electron chi connectivity index (χ0n) is 17.8. The molecule has 1 fully saturated rings. The number of thiol groups is 1. The first-order valence-electron chi connectivity index (χ1n) is 10.3. The monoisotopic (exact) mass is 448 g/mol. The first kappa shape index (κ1) is 23.1. The Kier molecular flexibility index (Phi) is 7.92. The summed E-state index contributed by atoms with van der Waals surface area (Å²) in [6.45, 7) is 5.93.